The molecule has 1 aromatic carbocycles. The molecule has 1 fully saturated rings. The summed E-state index contributed by atoms with van der Waals surface area (Å²) in [6, 6.07) is 11.9. The van der Waals surface area contributed by atoms with Crippen LogP contribution >= 0.6 is 0 Å². The first-order valence-corrected chi connectivity index (χ1v) is 9.09. The number of nitrogens with zero attached hydrogens (tertiary/aromatic N) is 3. The largest absolute Gasteiger partial charge is 0.339 e. The zero-order valence-electron chi connectivity index (χ0n) is 14.6. The van der Waals surface area contributed by atoms with Gasteiger partial charge in [-0.3, -0.25) is 15.0 Å². The number of halogens is 2. The van der Waals surface area contributed by atoms with Crippen LogP contribution in [-0.2, 0) is 13.0 Å². The van der Waals surface area contributed by atoms with Crippen molar-refractivity contribution in [3.8, 4) is 0 Å². The summed E-state index contributed by atoms with van der Waals surface area (Å²) in [6.07, 6.45) is 4.06. The van der Waals surface area contributed by atoms with E-state index in [9.17, 15) is 8.78 Å². The van der Waals surface area contributed by atoms with E-state index < -0.39 is 5.92 Å². The highest BCUT2D eigenvalue weighted by atomic mass is 19.3. The van der Waals surface area contributed by atoms with E-state index in [0.717, 1.165) is 39.2 Å². The van der Waals surface area contributed by atoms with Crippen molar-refractivity contribution in [2.45, 2.75) is 31.7 Å². The van der Waals surface area contributed by atoms with Crippen LogP contribution in [-0.4, -0.2) is 21.7 Å². The Balaban J connectivity index is 1.39. The summed E-state index contributed by atoms with van der Waals surface area (Å²) in [5.74, 6) is -1.69. The lowest BCUT2D eigenvalue weighted by molar-refractivity contribution is -0.109. The number of fused-ring (bicyclic) bond motifs is 2. The number of nitrogens with one attached hydrogen (secondary N) is 1. The normalized spacial score (nSPS) is 18.1. The van der Waals surface area contributed by atoms with Gasteiger partial charge >= 0.3 is 0 Å². The summed E-state index contributed by atoms with van der Waals surface area (Å²) in [5.41, 5.74) is 3.82. The molecular formula is C21H18F2N4. The maximum Gasteiger partial charge on any atom is 0.248 e. The predicted octanol–water partition coefficient (Wildman–Crippen LogP) is 4.59. The van der Waals surface area contributed by atoms with E-state index in [1.54, 1.807) is 12.4 Å². The average molecular weight is 364 g/mol. The highest BCUT2D eigenvalue weighted by Crippen LogP contribution is 2.44. The van der Waals surface area contributed by atoms with Gasteiger partial charge in [0.25, 0.3) is 0 Å². The standard InChI is InChI=1S/C21H18F2N4/c22-21(23)10-13(11-21)8-18-17-4-3-16(9-14(17)5-7-24-18)27-20-19-15(12-26-20)2-1-6-25-19/h1-7,9,13H,8,10-12H2,(H,26,27). The lowest BCUT2D eigenvalue weighted by Crippen LogP contribution is -2.36. The number of benzene rings is 1. The van der Waals surface area contributed by atoms with Crippen molar-refractivity contribution in [3.63, 3.8) is 0 Å². The van der Waals surface area contributed by atoms with E-state index in [0.29, 0.717) is 13.0 Å². The van der Waals surface area contributed by atoms with Crippen molar-refractivity contribution >= 4 is 22.3 Å². The number of pyridine rings is 2. The molecule has 0 amide bonds. The molecule has 27 heavy (non-hydrogen) atoms. The summed E-state index contributed by atoms with van der Waals surface area (Å²) in [5, 5.41) is 5.41. The second kappa shape index (κ2) is 6.08. The number of rotatable bonds is 3. The monoisotopic (exact) mass is 364 g/mol. The topological polar surface area (TPSA) is 50.2 Å². The minimum atomic E-state index is -2.49. The van der Waals surface area contributed by atoms with Crippen LogP contribution in [0.5, 0.6) is 0 Å². The third-order valence-electron chi connectivity index (χ3n) is 5.29. The molecule has 2 aliphatic rings. The average Bonchev–Trinajstić information content (AvgIpc) is 3.03. The molecule has 1 aliphatic heterocycles. The minimum absolute atomic E-state index is 0.0197. The molecule has 6 heteroatoms. The van der Waals surface area contributed by atoms with Crippen LogP contribution in [0.3, 0.4) is 0 Å². The fourth-order valence-corrected chi connectivity index (χ4v) is 3.94. The number of alkyl halides is 2. The minimum Gasteiger partial charge on any atom is -0.339 e. The van der Waals surface area contributed by atoms with Crippen LogP contribution in [0.15, 0.2) is 53.8 Å². The van der Waals surface area contributed by atoms with Crippen LogP contribution in [0.2, 0.25) is 0 Å². The third kappa shape index (κ3) is 3.05. The summed E-state index contributed by atoms with van der Waals surface area (Å²) >= 11 is 0. The Kier molecular flexibility index (Phi) is 3.67. The molecule has 136 valence electrons. The van der Waals surface area contributed by atoms with Crippen LogP contribution in [0.1, 0.15) is 29.8 Å². The van der Waals surface area contributed by atoms with E-state index in [1.165, 1.54) is 0 Å². The van der Waals surface area contributed by atoms with E-state index in [2.05, 4.69) is 20.3 Å². The fourth-order valence-electron chi connectivity index (χ4n) is 3.94. The Morgan fingerprint density at radius 1 is 1.07 bits per heavy atom. The van der Waals surface area contributed by atoms with Gasteiger partial charge < -0.3 is 5.32 Å². The molecule has 1 aliphatic carbocycles. The highest BCUT2D eigenvalue weighted by Gasteiger charge is 2.45. The van der Waals surface area contributed by atoms with Gasteiger partial charge in [-0.25, -0.2) is 8.78 Å². The lowest BCUT2D eigenvalue weighted by atomic mass is 9.78. The number of anilines is 1. The third-order valence-corrected chi connectivity index (χ3v) is 5.29. The molecule has 4 nitrogen and oxygen atoms in total. The van der Waals surface area contributed by atoms with E-state index >= 15 is 0 Å². The van der Waals surface area contributed by atoms with Gasteiger partial charge in [-0.05, 0) is 42.0 Å². The number of hydrogen-bond acceptors (Lipinski definition) is 4. The number of hydrogen-bond donors (Lipinski definition) is 1. The quantitative estimate of drug-likeness (QED) is 0.739. The van der Waals surface area contributed by atoms with Gasteiger partial charge in [0.2, 0.25) is 5.92 Å². The van der Waals surface area contributed by atoms with Crippen LogP contribution < -0.4 is 5.32 Å². The van der Waals surface area contributed by atoms with Gasteiger partial charge in [-0.2, -0.15) is 0 Å². The van der Waals surface area contributed by atoms with Gasteiger partial charge in [0.05, 0.1) is 6.54 Å². The van der Waals surface area contributed by atoms with Crippen molar-refractivity contribution < 1.29 is 8.78 Å². The molecule has 2 aromatic heterocycles. The Morgan fingerprint density at radius 2 is 1.96 bits per heavy atom. The van der Waals surface area contributed by atoms with Crippen LogP contribution in [0.25, 0.3) is 10.8 Å². The lowest BCUT2D eigenvalue weighted by Gasteiger charge is -2.34. The van der Waals surface area contributed by atoms with Gasteiger partial charge in [-0.15, -0.1) is 0 Å². The number of aliphatic imine (C=N–C) groups is 1. The zero-order chi connectivity index (χ0) is 18.4. The number of aromatic nitrogens is 2. The molecular weight excluding hydrogens is 346 g/mol. The first-order valence-electron chi connectivity index (χ1n) is 9.09. The Labute approximate surface area is 155 Å². The van der Waals surface area contributed by atoms with Crippen LogP contribution in [0.4, 0.5) is 14.5 Å². The molecule has 1 N–H and O–H groups in total. The van der Waals surface area contributed by atoms with Crippen molar-refractivity contribution in [1.82, 2.24) is 9.97 Å². The summed E-state index contributed by atoms with van der Waals surface area (Å²) < 4.78 is 26.2. The van der Waals surface area contributed by atoms with E-state index in [1.807, 2.05) is 36.4 Å². The molecule has 0 bridgehead atoms. The Bertz CT molecular complexity index is 1050. The predicted molar refractivity (Wildman–Crippen MR) is 101 cm³/mol. The fraction of sp³-hybridized carbons (Fsp3) is 0.286. The first kappa shape index (κ1) is 16.3. The molecule has 1 saturated carbocycles. The van der Waals surface area contributed by atoms with Gasteiger partial charge in [0, 0.05) is 47.6 Å². The van der Waals surface area contributed by atoms with Gasteiger partial charge in [0.1, 0.15) is 5.69 Å². The summed E-state index contributed by atoms with van der Waals surface area (Å²) in [4.78, 5) is 13.4. The molecule has 3 aromatic rings. The van der Waals surface area contributed by atoms with Crippen LogP contribution in [0, 0.1) is 5.92 Å². The van der Waals surface area contributed by atoms with E-state index in [-0.39, 0.29) is 18.8 Å². The molecule has 0 spiro atoms. The highest BCUT2D eigenvalue weighted by molar-refractivity contribution is 6.10. The maximum atomic E-state index is 13.1. The molecule has 0 unspecified atom stereocenters. The summed E-state index contributed by atoms with van der Waals surface area (Å²) in [7, 11) is 0. The summed E-state index contributed by atoms with van der Waals surface area (Å²) in [6.45, 7) is 0.638. The second-order valence-corrected chi connectivity index (χ2v) is 7.33. The van der Waals surface area contributed by atoms with Crippen molar-refractivity contribution in [1.29, 1.82) is 0 Å². The zero-order valence-corrected chi connectivity index (χ0v) is 14.6. The molecule has 5 rings (SSSR count). The molecule has 0 saturated heterocycles. The molecule has 0 radical (unpaired) electrons. The van der Waals surface area contributed by atoms with Gasteiger partial charge in [-0.1, -0.05) is 12.1 Å². The Hall–Kier alpha value is -2.89. The van der Waals surface area contributed by atoms with Crippen molar-refractivity contribution in [3.05, 3.63) is 65.7 Å². The molecule has 0 atom stereocenters. The smallest absolute Gasteiger partial charge is 0.248 e. The van der Waals surface area contributed by atoms with Crippen molar-refractivity contribution in [2.75, 3.05) is 5.32 Å². The molecule has 3 heterocycles. The SMILES string of the molecule is FC1(F)CC(Cc2nccc3cc(NC4=NCc5cccnc54)ccc23)C1. The second-order valence-electron chi connectivity index (χ2n) is 7.33. The van der Waals surface area contributed by atoms with Crippen molar-refractivity contribution in [2.24, 2.45) is 10.9 Å². The maximum absolute atomic E-state index is 13.1. The van der Waals surface area contributed by atoms with Gasteiger partial charge in [0.15, 0.2) is 5.84 Å². The number of amidine groups is 1. The first-order chi connectivity index (χ1) is 13.1. The van der Waals surface area contributed by atoms with E-state index in [4.69, 9.17) is 0 Å². The Morgan fingerprint density at radius 3 is 2.81 bits per heavy atom.